The van der Waals surface area contributed by atoms with E-state index in [1.807, 2.05) is 0 Å². The summed E-state index contributed by atoms with van der Waals surface area (Å²) in [5.74, 6) is 0.309. The van der Waals surface area contributed by atoms with Gasteiger partial charge in [0.2, 0.25) is 10.0 Å². The molecular formula is C13H19NO4S. The predicted octanol–water partition coefficient (Wildman–Crippen LogP) is 1.36. The van der Waals surface area contributed by atoms with Gasteiger partial charge in [0.1, 0.15) is 10.6 Å². The van der Waals surface area contributed by atoms with Gasteiger partial charge in [0, 0.05) is 13.1 Å². The largest absolute Gasteiger partial charge is 0.495 e. The van der Waals surface area contributed by atoms with E-state index in [-0.39, 0.29) is 17.5 Å². The normalized spacial score (nSPS) is 16.4. The minimum Gasteiger partial charge on any atom is -0.495 e. The highest BCUT2D eigenvalue weighted by Gasteiger charge is 2.33. The maximum atomic E-state index is 12.6. The molecule has 0 aromatic heterocycles. The maximum absolute atomic E-state index is 12.6. The van der Waals surface area contributed by atoms with E-state index < -0.39 is 10.0 Å². The third-order valence-corrected chi connectivity index (χ3v) is 5.59. The van der Waals surface area contributed by atoms with Crippen molar-refractivity contribution in [2.45, 2.75) is 36.8 Å². The SMILES string of the molecule is COc1ccc(CO)cc1S(=O)(=O)N(C)C1CCC1. The van der Waals surface area contributed by atoms with Gasteiger partial charge >= 0.3 is 0 Å². The van der Waals surface area contributed by atoms with Crippen molar-refractivity contribution in [3.05, 3.63) is 23.8 Å². The molecule has 1 aliphatic carbocycles. The number of hydrogen-bond donors (Lipinski definition) is 1. The highest BCUT2D eigenvalue weighted by Crippen LogP contribution is 2.32. The van der Waals surface area contributed by atoms with Crippen molar-refractivity contribution in [3.63, 3.8) is 0 Å². The summed E-state index contributed by atoms with van der Waals surface area (Å²) in [6.45, 7) is -0.195. The van der Waals surface area contributed by atoms with E-state index in [1.54, 1.807) is 19.2 Å². The average molecular weight is 285 g/mol. The first kappa shape index (κ1) is 14.3. The first-order valence-corrected chi connectivity index (χ1v) is 7.70. The van der Waals surface area contributed by atoms with Crippen molar-refractivity contribution in [1.82, 2.24) is 4.31 Å². The lowest BCUT2D eigenvalue weighted by Gasteiger charge is -2.34. The first-order valence-electron chi connectivity index (χ1n) is 6.26. The van der Waals surface area contributed by atoms with Gasteiger partial charge in [-0.1, -0.05) is 12.5 Å². The van der Waals surface area contributed by atoms with Crippen molar-refractivity contribution < 1.29 is 18.3 Å². The van der Waals surface area contributed by atoms with Crippen LogP contribution in [0.3, 0.4) is 0 Å². The van der Waals surface area contributed by atoms with Gasteiger partial charge in [-0.2, -0.15) is 4.31 Å². The zero-order valence-corrected chi connectivity index (χ0v) is 12.0. The van der Waals surface area contributed by atoms with Gasteiger partial charge in [-0.15, -0.1) is 0 Å². The first-order chi connectivity index (χ1) is 9.00. The second-order valence-corrected chi connectivity index (χ2v) is 6.72. The summed E-state index contributed by atoms with van der Waals surface area (Å²) < 4.78 is 31.7. The van der Waals surface area contributed by atoms with Gasteiger partial charge < -0.3 is 9.84 Å². The van der Waals surface area contributed by atoms with E-state index in [9.17, 15) is 8.42 Å². The molecule has 0 heterocycles. The lowest BCUT2D eigenvalue weighted by atomic mass is 9.94. The molecule has 0 bridgehead atoms. The molecule has 1 aliphatic rings. The van der Waals surface area contributed by atoms with Crippen LogP contribution >= 0.6 is 0 Å². The lowest BCUT2D eigenvalue weighted by Crippen LogP contribution is -2.41. The second-order valence-electron chi connectivity index (χ2n) is 4.75. The number of aliphatic hydroxyl groups excluding tert-OH is 1. The Labute approximate surface area is 113 Å². The predicted molar refractivity (Wildman–Crippen MR) is 71.5 cm³/mol. The number of nitrogens with zero attached hydrogens (tertiary/aromatic N) is 1. The van der Waals surface area contributed by atoms with E-state index in [2.05, 4.69) is 0 Å². The summed E-state index contributed by atoms with van der Waals surface area (Å²) in [5.41, 5.74) is 0.557. The quantitative estimate of drug-likeness (QED) is 0.887. The van der Waals surface area contributed by atoms with Crippen LogP contribution < -0.4 is 4.74 Å². The maximum Gasteiger partial charge on any atom is 0.246 e. The molecule has 0 atom stereocenters. The fraction of sp³-hybridized carbons (Fsp3) is 0.538. The van der Waals surface area contributed by atoms with Crippen LogP contribution in [0.25, 0.3) is 0 Å². The molecule has 0 aliphatic heterocycles. The Morgan fingerprint density at radius 1 is 1.42 bits per heavy atom. The van der Waals surface area contributed by atoms with Crippen LogP contribution in [0.4, 0.5) is 0 Å². The molecule has 2 rings (SSSR count). The number of sulfonamides is 1. The molecule has 0 radical (unpaired) electrons. The highest BCUT2D eigenvalue weighted by atomic mass is 32.2. The minimum absolute atomic E-state index is 0.0764. The molecule has 19 heavy (non-hydrogen) atoms. The Hall–Kier alpha value is -1.11. The van der Waals surface area contributed by atoms with Gasteiger partial charge in [-0.05, 0) is 30.5 Å². The van der Waals surface area contributed by atoms with E-state index >= 15 is 0 Å². The van der Waals surface area contributed by atoms with E-state index in [0.717, 1.165) is 19.3 Å². The average Bonchev–Trinajstić information content (AvgIpc) is 2.35. The number of aliphatic hydroxyl groups is 1. The molecule has 1 saturated carbocycles. The third-order valence-electron chi connectivity index (χ3n) is 3.66. The monoisotopic (exact) mass is 285 g/mol. The summed E-state index contributed by atoms with van der Waals surface area (Å²) in [6, 6.07) is 4.78. The molecular weight excluding hydrogens is 266 g/mol. The van der Waals surface area contributed by atoms with E-state index in [4.69, 9.17) is 9.84 Å². The molecule has 106 valence electrons. The Bertz CT molecular complexity index is 552. The topological polar surface area (TPSA) is 66.8 Å². The number of ether oxygens (including phenoxy) is 1. The summed E-state index contributed by atoms with van der Waals surface area (Å²) in [5, 5.41) is 9.15. The molecule has 0 spiro atoms. The Balaban J connectivity index is 2.43. The van der Waals surface area contributed by atoms with Crippen molar-refractivity contribution in [2.24, 2.45) is 0 Å². The fourth-order valence-corrected chi connectivity index (χ4v) is 3.74. The van der Waals surface area contributed by atoms with Crippen molar-refractivity contribution in [1.29, 1.82) is 0 Å². The molecule has 0 amide bonds. The standard InChI is InChI=1S/C13H19NO4S/c1-14(11-4-3-5-11)19(16,17)13-8-10(9-15)6-7-12(13)18-2/h6-8,11,15H,3-5,9H2,1-2H3. The lowest BCUT2D eigenvalue weighted by molar-refractivity contribution is 0.249. The summed E-state index contributed by atoms with van der Waals surface area (Å²) in [4.78, 5) is 0.121. The van der Waals surface area contributed by atoms with E-state index in [1.165, 1.54) is 17.5 Å². The van der Waals surface area contributed by atoms with Crippen LogP contribution in [0, 0.1) is 0 Å². The number of rotatable bonds is 5. The van der Waals surface area contributed by atoms with Gasteiger partial charge in [0.25, 0.3) is 0 Å². The van der Waals surface area contributed by atoms with Crippen molar-refractivity contribution in [3.8, 4) is 5.75 Å². The van der Waals surface area contributed by atoms with Gasteiger partial charge in [-0.3, -0.25) is 0 Å². The van der Waals surface area contributed by atoms with Gasteiger partial charge in [-0.25, -0.2) is 8.42 Å². The molecule has 5 nitrogen and oxygen atoms in total. The zero-order chi connectivity index (χ0) is 14.0. The minimum atomic E-state index is -3.58. The molecule has 0 unspecified atom stereocenters. The molecule has 6 heteroatoms. The second kappa shape index (κ2) is 5.48. The number of benzene rings is 1. The highest BCUT2D eigenvalue weighted by molar-refractivity contribution is 7.89. The summed E-state index contributed by atoms with van der Waals surface area (Å²) >= 11 is 0. The Morgan fingerprint density at radius 3 is 2.58 bits per heavy atom. The smallest absolute Gasteiger partial charge is 0.246 e. The van der Waals surface area contributed by atoms with Crippen LogP contribution in [-0.4, -0.2) is 38.0 Å². The van der Waals surface area contributed by atoms with Crippen LogP contribution in [0.5, 0.6) is 5.75 Å². The van der Waals surface area contributed by atoms with Gasteiger partial charge in [0.05, 0.1) is 13.7 Å². The van der Waals surface area contributed by atoms with E-state index in [0.29, 0.717) is 11.3 Å². The fourth-order valence-electron chi connectivity index (χ4n) is 2.12. The Kier molecular flexibility index (Phi) is 4.13. The molecule has 1 aromatic carbocycles. The molecule has 1 fully saturated rings. The van der Waals surface area contributed by atoms with Crippen LogP contribution in [0.2, 0.25) is 0 Å². The summed E-state index contributed by atoms with van der Waals surface area (Å²) in [6.07, 6.45) is 2.87. The third kappa shape index (κ3) is 2.61. The molecule has 0 saturated heterocycles. The van der Waals surface area contributed by atoms with Crippen LogP contribution in [-0.2, 0) is 16.6 Å². The number of methoxy groups -OCH3 is 1. The zero-order valence-electron chi connectivity index (χ0n) is 11.2. The molecule has 1 aromatic rings. The Morgan fingerprint density at radius 2 is 2.11 bits per heavy atom. The van der Waals surface area contributed by atoms with Gasteiger partial charge in [0.15, 0.2) is 0 Å². The van der Waals surface area contributed by atoms with Crippen molar-refractivity contribution in [2.75, 3.05) is 14.2 Å². The van der Waals surface area contributed by atoms with Crippen molar-refractivity contribution >= 4 is 10.0 Å². The molecule has 1 N–H and O–H groups in total. The van der Waals surface area contributed by atoms with Crippen LogP contribution in [0.1, 0.15) is 24.8 Å². The van der Waals surface area contributed by atoms with Crippen LogP contribution in [0.15, 0.2) is 23.1 Å². The summed E-state index contributed by atoms with van der Waals surface area (Å²) in [7, 11) is -0.535. The number of hydrogen-bond acceptors (Lipinski definition) is 4.